The number of imidazole rings is 1. The first-order valence-corrected chi connectivity index (χ1v) is 4.90. The molecule has 0 aliphatic carbocycles. The van der Waals surface area contributed by atoms with Gasteiger partial charge in [0.15, 0.2) is 0 Å². The first kappa shape index (κ1) is 8.84. The zero-order valence-corrected chi connectivity index (χ0v) is 8.38. The lowest BCUT2D eigenvalue weighted by atomic mass is 10.2. The van der Waals surface area contributed by atoms with Crippen molar-refractivity contribution in [2.75, 3.05) is 5.32 Å². The van der Waals surface area contributed by atoms with Crippen LogP contribution in [0.2, 0.25) is 0 Å². The Balaban J connectivity index is 1.99. The second-order valence-corrected chi connectivity index (χ2v) is 3.32. The van der Waals surface area contributed by atoms with Gasteiger partial charge in [-0.05, 0) is 6.07 Å². The molecular weight excluding hydrogens is 202 g/mol. The summed E-state index contributed by atoms with van der Waals surface area (Å²) < 4.78 is 0. The van der Waals surface area contributed by atoms with Crippen molar-refractivity contribution in [2.45, 2.75) is 0 Å². The van der Waals surface area contributed by atoms with Crippen molar-refractivity contribution in [3.05, 3.63) is 42.9 Å². The Hall–Kier alpha value is -2.43. The fourth-order valence-corrected chi connectivity index (χ4v) is 1.47. The van der Waals surface area contributed by atoms with Gasteiger partial charge in [0.2, 0.25) is 11.9 Å². The molecule has 1 aromatic carbocycles. The van der Waals surface area contributed by atoms with Crippen LogP contribution >= 0.6 is 0 Å². The van der Waals surface area contributed by atoms with Gasteiger partial charge in [-0.3, -0.25) is 5.32 Å². The van der Waals surface area contributed by atoms with Crippen molar-refractivity contribution >= 4 is 22.8 Å². The van der Waals surface area contributed by atoms with E-state index in [4.69, 9.17) is 0 Å². The van der Waals surface area contributed by atoms with E-state index in [0.717, 1.165) is 10.9 Å². The van der Waals surface area contributed by atoms with Crippen molar-refractivity contribution < 1.29 is 0 Å². The molecule has 0 fully saturated rings. The maximum atomic E-state index is 4.37. The highest BCUT2D eigenvalue weighted by atomic mass is 15.2. The summed E-state index contributed by atoms with van der Waals surface area (Å²) in [6.07, 6.45) is 5.19. The number of para-hydroxylation sites is 1. The van der Waals surface area contributed by atoms with Gasteiger partial charge in [0, 0.05) is 24.0 Å². The fraction of sp³-hybridized carbons (Fsp3) is 0. The molecule has 2 heterocycles. The van der Waals surface area contributed by atoms with Crippen LogP contribution < -0.4 is 5.32 Å². The second-order valence-electron chi connectivity index (χ2n) is 3.32. The number of hydrogen-bond acceptors (Lipinski definition) is 4. The fourth-order valence-electron chi connectivity index (χ4n) is 1.47. The van der Waals surface area contributed by atoms with Gasteiger partial charge in [-0.1, -0.05) is 18.2 Å². The lowest BCUT2D eigenvalue weighted by molar-refractivity contribution is 1.17. The van der Waals surface area contributed by atoms with Crippen molar-refractivity contribution in [3.63, 3.8) is 0 Å². The van der Waals surface area contributed by atoms with Crippen LogP contribution in [0, 0.1) is 0 Å². The standard InChI is InChI=1S/C11H9N5/c1-2-4-9-8(3-1)7-14-11(15-9)16-10-12-5-6-13-10/h1-7H,(H2,12,13,14,15,16). The zero-order valence-electron chi connectivity index (χ0n) is 8.38. The van der Waals surface area contributed by atoms with E-state index in [1.165, 1.54) is 0 Å². The Kier molecular flexibility index (Phi) is 2.00. The number of anilines is 2. The van der Waals surface area contributed by atoms with E-state index in [1.54, 1.807) is 18.6 Å². The molecule has 0 aliphatic heterocycles. The average molecular weight is 211 g/mol. The third kappa shape index (κ3) is 1.58. The zero-order chi connectivity index (χ0) is 10.8. The molecule has 2 N–H and O–H groups in total. The summed E-state index contributed by atoms with van der Waals surface area (Å²) in [4.78, 5) is 15.5. The number of fused-ring (bicyclic) bond motifs is 1. The molecule has 0 atom stereocenters. The van der Waals surface area contributed by atoms with Crippen LogP contribution in [0.5, 0.6) is 0 Å². The molecular formula is C11H9N5. The van der Waals surface area contributed by atoms with Crippen LogP contribution in [0.1, 0.15) is 0 Å². The van der Waals surface area contributed by atoms with Crippen LogP contribution in [-0.4, -0.2) is 19.9 Å². The van der Waals surface area contributed by atoms with Gasteiger partial charge in [-0.25, -0.2) is 15.0 Å². The first-order valence-electron chi connectivity index (χ1n) is 4.90. The topological polar surface area (TPSA) is 66.5 Å². The van der Waals surface area contributed by atoms with Gasteiger partial charge >= 0.3 is 0 Å². The number of aromatic nitrogens is 4. The molecule has 0 saturated heterocycles. The van der Waals surface area contributed by atoms with E-state index in [0.29, 0.717) is 11.9 Å². The van der Waals surface area contributed by atoms with Gasteiger partial charge in [0.05, 0.1) is 5.52 Å². The van der Waals surface area contributed by atoms with Crippen molar-refractivity contribution in [3.8, 4) is 0 Å². The number of nitrogens with one attached hydrogen (secondary N) is 2. The number of nitrogens with zero attached hydrogens (tertiary/aromatic N) is 3. The lowest BCUT2D eigenvalue weighted by Crippen LogP contribution is -1.98. The van der Waals surface area contributed by atoms with Gasteiger partial charge < -0.3 is 4.98 Å². The summed E-state index contributed by atoms with van der Waals surface area (Å²) in [5.41, 5.74) is 0.909. The smallest absolute Gasteiger partial charge is 0.230 e. The minimum atomic E-state index is 0.536. The highest BCUT2D eigenvalue weighted by Gasteiger charge is 2.00. The Morgan fingerprint density at radius 3 is 2.94 bits per heavy atom. The van der Waals surface area contributed by atoms with E-state index in [1.807, 2.05) is 24.3 Å². The molecule has 0 saturated carbocycles. The lowest BCUT2D eigenvalue weighted by Gasteiger charge is -2.01. The molecule has 3 rings (SSSR count). The molecule has 3 aromatic rings. The minimum absolute atomic E-state index is 0.536. The largest absolute Gasteiger partial charge is 0.331 e. The van der Waals surface area contributed by atoms with E-state index < -0.39 is 0 Å². The van der Waals surface area contributed by atoms with Crippen LogP contribution in [0.25, 0.3) is 10.9 Å². The third-order valence-corrected chi connectivity index (χ3v) is 2.22. The van der Waals surface area contributed by atoms with Gasteiger partial charge in [0.25, 0.3) is 0 Å². The molecule has 2 aromatic heterocycles. The summed E-state index contributed by atoms with van der Waals surface area (Å²) in [7, 11) is 0. The van der Waals surface area contributed by atoms with E-state index in [9.17, 15) is 0 Å². The number of rotatable bonds is 2. The highest BCUT2D eigenvalue weighted by Crippen LogP contribution is 2.13. The third-order valence-electron chi connectivity index (χ3n) is 2.22. The van der Waals surface area contributed by atoms with E-state index in [-0.39, 0.29) is 0 Å². The van der Waals surface area contributed by atoms with Crippen molar-refractivity contribution in [2.24, 2.45) is 0 Å². The average Bonchev–Trinajstić information content (AvgIpc) is 2.82. The Morgan fingerprint density at radius 1 is 1.12 bits per heavy atom. The molecule has 16 heavy (non-hydrogen) atoms. The SMILES string of the molecule is c1ccc2nc(Nc3ncc[nH]3)ncc2c1. The summed E-state index contributed by atoms with van der Waals surface area (Å²) in [5.74, 6) is 1.17. The summed E-state index contributed by atoms with van der Waals surface area (Å²) in [5, 5.41) is 4.01. The molecule has 0 radical (unpaired) electrons. The van der Waals surface area contributed by atoms with Crippen LogP contribution in [0.4, 0.5) is 11.9 Å². The van der Waals surface area contributed by atoms with Gasteiger partial charge in [0.1, 0.15) is 0 Å². The highest BCUT2D eigenvalue weighted by molar-refractivity contribution is 5.78. The first-order chi connectivity index (χ1) is 7.92. The number of hydrogen-bond donors (Lipinski definition) is 2. The predicted molar refractivity (Wildman–Crippen MR) is 61.4 cm³/mol. The Morgan fingerprint density at radius 2 is 2.06 bits per heavy atom. The molecule has 0 aliphatic rings. The molecule has 0 spiro atoms. The van der Waals surface area contributed by atoms with E-state index >= 15 is 0 Å². The number of aromatic amines is 1. The number of benzene rings is 1. The maximum Gasteiger partial charge on any atom is 0.230 e. The molecule has 5 heteroatoms. The van der Waals surface area contributed by atoms with Crippen LogP contribution in [0.3, 0.4) is 0 Å². The quantitative estimate of drug-likeness (QED) is 0.681. The maximum absolute atomic E-state index is 4.37. The molecule has 0 bridgehead atoms. The molecule has 0 unspecified atom stereocenters. The van der Waals surface area contributed by atoms with Crippen LogP contribution in [0.15, 0.2) is 42.9 Å². The monoisotopic (exact) mass is 211 g/mol. The van der Waals surface area contributed by atoms with Crippen molar-refractivity contribution in [1.29, 1.82) is 0 Å². The Bertz CT molecular complexity index is 603. The Labute approximate surface area is 91.6 Å². The molecule has 78 valence electrons. The summed E-state index contributed by atoms with van der Waals surface area (Å²) >= 11 is 0. The van der Waals surface area contributed by atoms with Crippen LogP contribution in [-0.2, 0) is 0 Å². The number of H-pyrrole nitrogens is 1. The predicted octanol–water partition coefficient (Wildman–Crippen LogP) is 2.10. The molecule has 0 amide bonds. The summed E-state index contributed by atoms with van der Waals surface area (Å²) in [6, 6.07) is 7.84. The van der Waals surface area contributed by atoms with Gasteiger partial charge in [-0.15, -0.1) is 0 Å². The van der Waals surface area contributed by atoms with E-state index in [2.05, 4.69) is 25.3 Å². The normalized spacial score (nSPS) is 10.5. The molecule has 5 nitrogen and oxygen atoms in total. The van der Waals surface area contributed by atoms with Gasteiger partial charge in [-0.2, -0.15) is 0 Å². The minimum Gasteiger partial charge on any atom is -0.331 e. The second kappa shape index (κ2) is 3.62. The van der Waals surface area contributed by atoms with Crippen molar-refractivity contribution in [1.82, 2.24) is 19.9 Å². The summed E-state index contributed by atoms with van der Waals surface area (Å²) in [6.45, 7) is 0.